The van der Waals surface area contributed by atoms with Gasteiger partial charge >= 0.3 is 6.18 Å². The Morgan fingerprint density at radius 3 is 2.39 bits per heavy atom. The SMILES string of the molecule is C=CCCCC(C)N1CCC(O)(C(F)(F)F)CC1. The van der Waals surface area contributed by atoms with Crippen molar-refractivity contribution in [1.29, 1.82) is 0 Å². The van der Waals surface area contributed by atoms with E-state index >= 15 is 0 Å². The first kappa shape index (κ1) is 15.5. The third kappa shape index (κ3) is 3.72. The van der Waals surface area contributed by atoms with Crippen molar-refractivity contribution in [3.63, 3.8) is 0 Å². The third-order valence-electron chi connectivity index (χ3n) is 3.81. The van der Waals surface area contributed by atoms with Gasteiger partial charge < -0.3 is 10.0 Å². The zero-order chi connectivity index (χ0) is 13.8. The number of piperidine rings is 1. The molecule has 1 aliphatic rings. The average Bonchev–Trinajstić information content (AvgIpc) is 2.28. The number of unbranched alkanes of at least 4 members (excludes halogenated alkanes) is 1. The van der Waals surface area contributed by atoms with Gasteiger partial charge in [0.1, 0.15) is 0 Å². The minimum absolute atomic E-state index is 0.220. The highest BCUT2D eigenvalue weighted by Crippen LogP contribution is 2.38. The minimum Gasteiger partial charge on any atom is -0.380 e. The molecule has 1 heterocycles. The molecule has 0 radical (unpaired) electrons. The van der Waals surface area contributed by atoms with E-state index in [0.717, 1.165) is 19.3 Å². The van der Waals surface area contributed by atoms with Crippen molar-refractivity contribution in [2.75, 3.05) is 13.1 Å². The second-order valence-corrected chi connectivity index (χ2v) is 5.13. The molecular formula is C13H22F3NO. The number of hydrogen-bond donors (Lipinski definition) is 1. The monoisotopic (exact) mass is 265 g/mol. The summed E-state index contributed by atoms with van der Waals surface area (Å²) in [5, 5.41) is 9.56. The summed E-state index contributed by atoms with van der Waals surface area (Å²) in [6.45, 7) is 6.29. The molecule has 106 valence electrons. The Kier molecular flexibility index (Phi) is 5.22. The van der Waals surface area contributed by atoms with Gasteiger partial charge in [-0.2, -0.15) is 13.2 Å². The largest absolute Gasteiger partial charge is 0.417 e. The molecule has 0 aromatic carbocycles. The van der Waals surface area contributed by atoms with Crippen molar-refractivity contribution in [1.82, 2.24) is 4.90 Å². The Hall–Kier alpha value is -0.550. The predicted octanol–water partition coefficient (Wildman–Crippen LogP) is 3.12. The van der Waals surface area contributed by atoms with Gasteiger partial charge in [0, 0.05) is 19.1 Å². The molecule has 0 saturated carbocycles. The van der Waals surface area contributed by atoms with E-state index in [0.29, 0.717) is 13.1 Å². The molecule has 1 atom stereocenters. The number of likely N-dealkylation sites (tertiary alicyclic amines) is 1. The Labute approximate surface area is 106 Å². The van der Waals surface area contributed by atoms with E-state index in [2.05, 4.69) is 6.58 Å². The molecule has 1 N–H and O–H groups in total. The highest BCUT2D eigenvalue weighted by molar-refractivity contribution is 4.92. The van der Waals surface area contributed by atoms with Crippen molar-refractivity contribution < 1.29 is 18.3 Å². The van der Waals surface area contributed by atoms with Crippen molar-refractivity contribution in [2.24, 2.45) is 0 Å². The van der Waals surface area contributed by atoms with Crippen molar-refractivity contribution in [2.45, 2.75) is 56.8 Å². The molecule has 18 heavy (non-hydrogen) atoms. The second-order valence-electron chi connectivity index (χ2n) is 5.13. The van der Waals surface area contributed by atoms with Crippen LogP contribution in [0.1, 0.15) is 39.0 Å². The van der Waals surface area contributed by atoms with Crippen LogP contribution in [0.4, 0.5) is 13.2 Å². The predicted molar refractivity (Wildman–Crippen MR) is 65.3 cm³/mol. The zero-order valence-corrected chi connectivity index (χ0v) is 10.8. The van der Waals surface area contributed by atoms with E-state index in [1.165, 1.54) is 0 Å². The van der Waals surface area contributed by atoms with Gasteiger partial charge in [0.05, 0.1) is 0 Å². The fourth-order valence-electron chi connectivity index (χ4n) is 2.36. The second kappa shape index (κ2) is 6.06. The highest BCUT2D eigenvalue weighted by Gasteiger charge is 2.54. The van der Waals surface area contributed by atoms with E-state index in [9.17, 15) is 18.3 Å². The maximum Gasteiger partial charge on any atom is 0.417 e. The highest BCUT2D eigenvalue weighted by atomic mass is 19.4. The molecule has 2 nitrogen and oxygen atoms in total. The molecule has 0 bridgehead atoms. The molecule has 1 fully saturated rings. The molecule has 0 aromatic heterocycles. The normalized spacial score (nSPS) is 22.7. The molecule has 5 heteroatoms. The summed E-state index contributed by atoms with van der Waals surface area (Å²) in [7, 11) is 0. The van der Waals surface area contributed by atoms with Crippen LogP contribution in [0.5, 0.6) is 0 Å². The van der Waals surface area contributed by atoms with Gasteiger partial charge in [-0.05, 0) is 39.0 Å². The number of aliphatic hydroxyl groups is 1. The van der Waals surface area contributed by atoms with Gasteiger partial charge in [0.25, 0.3) is 0 Å². The molecule has 1 aliphatic heterocycles. The van der Waals surface area contributed by atoms with Crippen LogP contribution in [-0.2, 0) is 0 Å². The number of rotatable bonds is 5. The van der Waals surface area contributed by atoms with Gasteiger partial charge in [-0.1, -0.05) is 6.08 Å². The lowest BCUT2D eigenvalue weighted by atomic mass is 9.89. The number of halogens is 3. The minimum atomic E-state index is -4.51. The summed E-state index contributed by atoms with van der Waals surface area (Å²) in [4.78, 5) is 2.03. The molecular weight excluding hydrogens is 243 g/mol. The summed E-state index contributed by atoms with van der Waals surface area (Å²) in [6, 6.07) is 0.266. The average molecular weight is 265 g/mol. The number of hydrogen-bond acceptors (Lipinski definition) is 2. The summed E-state index contributed by atoms with van der Waals surface area (Å²) in [5.74, 6) is 0. The van der Waals surface area contributed by atoms with E-state index < -0.39 is 11.8 Å². The van der Waals surface area contributed by atoms with Crippen LogP contribution >= 0.6 is 0 Å². The lowest BCUT2D eigenvalue weighted by molar-refractivity contribution is -0.273. The van der Waals surface area contributed by atoms with E-state index in [4.69, 9.17) is 0 Å². The smallest absolute Gasteiger partial charge is 0.380 e. The Balaban J connectivity index is 2.41. The fourth-order valence-corrected chi connectivity index (χ4v) is 2.36. The van der Waals surface area contributed by atoms with Crippen molar-refractivity contribution in [3.8, 4) is 0 Å². The van der Waals surface area contributed by atoms with Gasteiger partial charge in [-0.3, -0.25) is 0 Å². The molecule has 0 spiro atoms. The first-order valence-electron chi connectivity index (χ1n) is 6.44. The standard InChI is InChI=1S/C13H22F3NO/c1-3-4-5-6-11(2)17-9-7-12(18,8-10-17)13(14,15)16/h3,11,18H,1,4-10H2,2H3. The summed E-state index contributed by atoms with van der Waals surface area (Å²) in [6.07, 6.45) is -0.201. The van der Waals surface area contributed by atoms with E-state index in [1.807, 2.05) is 17.9 Å². The lowest BCUT2D eigenvalue weighted by Gasteiger charge is -2.41. The summed E-state index contributed by atoms with van der Waals surface area (Å²) < 4.78 is 37.9. The Morgan fingerprint density at radius 1 is 1.39 bits per heavy atom. The molecule has 1 unspecified atom stereocenters. The van der Waals surface area contributed by atoms with Gasteiger partial charge in [-0.15, -0.1) is 6.58 Å². The topological polar surface area (TPSA) is 23.5 Å². The van der Waals surface area contributed by atoms with Crippen molar-refractivity contribution >= 4 is 0 Å². The van der Waals surface area contributed by atoms with Crippen LogP contribution in [-0.4, -0.2) is 40.9 Å². The van der Waals surface area contributed by atoms with Gasteiger partial charge in [-0.25, -0.2) is 0 Å². The zero-order valence-electron chi connectivity index (χ0n) is 10.8. The van der Waals surface area contributed by atoms with Crippen LogP contribution < -0.4 is 0 Å². The molecule has 1 saturated heterocycles. The molecule has 0 amide bonds. The third-order valence-corrected chi connectivity index (χ3v) is 3.81. The Morgan fingerprint density at radius 2 is 1.94 bits per heavy atom. The van der Waals surface area contributed by atoms with Gasteiger partial charge in [0.15, 0.2) is 5.60 Å². The van der Waals surface area contributed by atoms with Crippen LogP contribution in [0.2, 0.25) is 0 Å². The molecule has 0 aliphatic carbocycles. The molecule has 0 aromatic rings. The number of allylic oxidation sites excluding steroid dienone is 1. The van der Waals surface area contributed by atoms with E-state index in [-0.39, 0.29) is 18.9 Å². The summed E-state index contributed by atoms with van der Waals surface area (Å²) in [5.41, 5.74) is -2.48. The van der Waals surface area contributed by atoms with Crippen LogP contribution in [0.3, 0.4) is 0 Å². The van der Waals surface area contributed by atoms with Crippen LogP contribution in [0.25, 0.3) is 0 Å². The van der Waals surface area contributed by atoms with Crippen molar-refractivity contribution in [3.05, 3.63) is 12.7 Å². The first-order valence-corrected chi connectivity index (χ1v) is 6.44. The number of nitrogens with zero attached hydrogens (tertiary/aromatic N) is 1. The maximum absolute atomic E-state index is 12.6. The quantitative estimate of drug-likeness (QED) is 0.610. The Bertz CT molecular complexity index is 270. The fraction of sp³-hybridized carbons (Fsp3) is 0.846. The summed E-state index contributed by atoms with van der Waals surface area (Å²) >= 11 is 0. The van der Waals surface area contributed by atoms with Crippen LogP contribution in [0.15, 0.2) is 12.7 Å². The maximum atomic E-state index is 12.6. The van der Waals surface area contributed by atoms with Gasteiger partial charge in [0.2, 0.25) is 0 Å². The first-order chi connectivity index (χ1) is 8.30. The lowest BCUT2D eigenvalue weighted by Crippen LogP contribution is -2.54. The molecule has 1 rings (SSSR count). The van der Waals surface area contributed by atoms with Crippen LogP contribution in [0, 0.1) is 0 Å². The number of alkyl halides is 3. The van der Waals surface area contributed by atoms with E-state index in [1.54, 1.807) is 0 Å².